The highest BCUT2D eigenvalue weighted by Crippen LogP contribution is 2.24. The summed E-state index contributed by atoms with van der Waals surface area (Å²) in [7, 11) is 0. The van der Waals surface area contributed by atoms with Crippen LogP contribution in [0.15, 0.2) is 18.2 Å². The summed E-state index contributed by atoms with van der Waals surface area (Å²) in [6, 6.07) is 6.25. The van der Waals surface area contributed by atoms with Crippen LogP contribution in [0.5, 0.6) is 5.75 Å². The Hall–Kier alpha value is -1.59. The lowest BCUT2D eigenvalue weighted by Crippen LogP contribution is -2.39. The molecule has 0 radical (unpaired) electrons. The van der Waals surface area contributed by atoms with Crippen LogP contribution in [0.3, 0.4) is 0 Å². The predicted octanol–water partition coefficient (Wildman–Crippen LogP) is 1.78. The van der Waals surface area contributed by atoms with E-state index in [1.165, 1.54) is 43.5 Å². The maximum atomic E-state index is 11.7. The molecule has 5 heteroatoms. The third-order valence-corrected chi connectivity index (χ3v) is 5.05. The lowest BCUT2D eigenvalue weighted by Gasteiger charge is -2.29. The van der Waals surface area contributed by atoms with Gasteiger partial charge in [0.1, 0.15) is 5.75 Å². The van der Waals surface area contributed by atoms with Crippen molar-refractivity contribution in [3.05, 3.63) is 29.3 Å². The van der Waals surface area contributed by atoms with E-state index in [2.05, 4.69) is 17.0 Å². The second-order valence-corrected chi connectivity index (χ2v) is 6.80. The number of hydrogen-bond acceptors (Lipinski definition) is 4. The lowest BCUT2D eigenvalue weighted by atomic mass is 9.99. The summed E-state index contributed by atoms with van der Waals surface area (Å²) in [4.78, 5) is 16.1. The minimum atomic E-state index is 0.0266. The van der Waals surface area contributed by atoms with Crippen molar-refractivity contribution in [2.45, 2.75) is 38.6 Å². The van der Waals surface area contributed by atoms with Gasteiger partial charge in [-0.1, -0.05) is 12.5 Å². The fraction of sp³-hybridized carbons (Fsp3) is 0.632. The highest BCUT2D eigenvalue weighted by atomic mass is 16.5. The number of nitrogens with zero attached hydrogens (tertiary/aromatic N) is 2. The summed E-state index contributed by atoms with van der Waals surface area (Å²) in [5.41, 5.74) is 7.96. The summed E-state index contributed by atoms with van der Waals surface area (Å²) >= 11 is 0. The van der Waals surface area contributed by atoms with Crippen LogP contribution < -0.4 is 10.5 Å². The molecule has 132 valence electrons. The Balaban J connectivity index is 1.45. The number of benzene rings is 1. The summed E-state index contributed by atoms with van der Waals surface area (Å²) in [6.07, 6.45) is 6.03. The molecule has 1 saturated heterocycles. The number of carbonyl (C=O) groups excluding carboxylic acids is 1. The fourth-order valence-corrected chi connectivity index (χ4v) is 3.62. The van der Waals surface area contributed by atoms with Crippen molar-refractivity contribution in [3.8, 4) is 5.75 Å². The monoisotopic (exact) mass is 331 g/mol. The molecule has 2 heterocycles. The number of rotatable bonds is 6. The number of carbonyl (C=O) groups is 1. The van der Waals surface area contributed by atoms with Crippen molar-refractivity contribution >= 4 is 5.91 Å². The van der Waals surface area contributed by atoms with Crippen molar-refractivity contribution in [3.63, 3.8) is 0 Å². The maximum absolute atomic E-state index is 11.7. The Morgan fingerprint density at radius 3 is 2.75 bits per heavy atom. The molecule has 1 fully saturated rings. The number of likely N-dealkylation sites (tertiary alicyclic amines) is 1. The molecule has 1 aromatic carbocycles. The third kappa shape index (κ3) is 4.48. The minimum absolute atomic E-state index is 0.0266. The molecule has 24 heavy (non-hydrogen) atoms. The molecule has 0 unspecified atom stereocenters. The second-order valence-electron chi connectivity index (χ2n) is 6.80. The molecule has 0 saturated carbocycles. The molecule has 0 aliphatic carbocycles. The molecular formula is C19H29N3O2. The molecule has 0 spiro atoms. The average Bonchev–Trinajstić information content (AvgIpc) is 2.65. The molecule has 2 aliphatic rings. The third-order valence-electron chi connectivity index (χ3n) is 5.05. The molecule has 2 N–H and O–H groups in total. The van der Waals surface area contributed by atoms with Gasteiger partial charge < -0.3 is 20.3 Å². The first-order valence-corrected chi connectivity index (χ1v) is 9.21. The van der Waals surface area contributed by atoms with Gasteiger partial charge >= 0.3 is 0 Å². The largest absolute Gasteiger partial charge is 0.494 e. The quantitative estimate of drug-likeness (QED) is 0.808. The SMILES string of the molecule is NCC(=O)N1CCc2cc(OCCCN3CCCCC3)ccc2C1. The molecule has 0 bridgehead atoms. The fourth-order valence-electron chi connectivity index (χ4n) is 3.62. The Bertz CT molecular complexity index is 556. The smallest absolute Gasteiger partial charge is 0.236 e. The predicted molar refractivity (Wildman–Crippen MR) is 95.0 cm³/mol. The van der Waals surface area contributed by atoms with Gasteiger partial charge in [-0.05, 0) is 62.0 Å². The number of piperidine rings is 1. The van der Waals surface area contributed by atoms with E-state index >= 15 is 0 Å². The van der Waals surface area contributed by atoms with Crippen molar-refractivity contribution in [1.29, 1.82) is 0 Å². The van der Waals surface area contributed by atoms with Crippen LogP contribution in [-0.2, 0) is 17.8 Å². The summed E-state index contributed by atoms with van der Waals surface area (Å²) < 4.78 is 5.93. The number of ether oxygens (including phenoxy) is 1. The Morgan fingerprint density at radius 2 is 1.96 bits per heavy atom. The first-order chi connectivity index (χ1) is 11.8. The topological polar surface area (TPSA) is 58.8 Å². The number of hydrogen-bond donors (Lipinski definition) is 1. The minimum Gasteiger partial charge on any atom is -0.494 e. The molecule has 2 aliphatic heterocycles. The van der Waals surface area contributed by atoms with Crippen molar-refractivity contribution in [2.24, 2.45) is 5.73 Å². The molecule has 1 amide bonds. The zero-order valence-corrected chi connectivity index (χ0v) is 14.5. The van der Waals surface area contributed by atoms with E-state index in [-0.39, 0.29) is 12.5 Å². The summed E-state index contributed by atoms with van der Waals surface area (Å²) in [5, 5.41) is 0. The van der Waals surface area contributed by atoms with E-state index < -0.39 is 0 Å². The number of nitrogens with two attached hydrogens (primary N) is 1. The van der Waals surface area contributed by atoms with Crippen LogP contribution in [-0.4, -0.2) is 55.0 Å². The maximum Gasteiger partial charge on any atom is 0.236 e. The Kier molecular flexibility index (Phi) is 6.10. The van der Waals surface area contributed by atoms with E-state index in [1.54, 1.807) is 0 Å². The standard InChI is InChI=1S/C19H29N3O2/c20-14-19(23)22-11-7-16-13-18(6-5-17(16)15-22)24-12-4-10-21-8-2-1-3-9-21/h5-6,13H,1-4,7-12,14-15,20H2. The van der Waals surface area contributed by atoms with E-state index in [0.29, 0.717) is 6.54 Å². The van der Waals surface area contributed by atoms with Crippen molar-refractivity contribution in [1.82, 2.24) is 9.80 Å². The number of fused-ring (bicyclic) bond motifs is 1. The first kappa shape index (κ1) is 17.2. The van der Waals surface area contributed by atoms with E-state index in [4.69, 9.17) is 10.5 Å². The van der Waals surface area contributed by atoms with Gasteiger partial charge in [0, 0.05) is 19.6 Å². The average molecular weight is 331 g/mol. The number of amides is 1. The summed E-state index contributed by atoms with van der Waals surface area (Å²) in [6.45, 7) is 5.91. The molecule has 3 rings (SSSR count). The van der Waals surface area contributed by atoms with Gasteiger partial charge in [0.15, 0.2) is 0 Å². The Labute approximate surface area is 144 Å². The lowest BCUT2D eigenvalue weighted by molar-refractivity contribution is -0.130. The van der Waals surface area contributed by atoms with Gasteiger partial charge in [-0.3, -0.25) is 4.79 Å². The molecule has 1 aromatic rings. The van der Waals surface area contributed by atoms with E-state index in [1.807, 2.05) is 11.0 Å². The van der Waals surface area contributed by atoms with Crippen LogP contribution in [0.2, 0.25) is 0 Å². The normalized spacial score (nSPS) is 18.3. The molecule has 0 atom stereocenters. The van der Waals surface area contributed by atoms with Crippen LogP contribution in [0.25, 0.3) is 0 Å². The Morgan fingerprint density at radius 1 is 1.12 bits per heavy atom. The van der Waals surface area contributed by atoms with Gasteiger partial charge in [-0.25, -0.2) is 0 Å². The summed E-state index contributed by atoms with van der Waals surface area (Å²) in [5.74, 6) is 0.977. The van der Waals surface area contributed by atoms with Gasteiger partial charge in [0.25, 0.3) is 0 Å². The molecule has 5 nitrogen and oxygen atoms in total. The van der Waals surface area contributed by atoms with E-state index in [0.717, 1.165) is 38.3 Å². The molecule has 0 aromatic heterocycles. The van der Waals surface area contributed by atoms with Gasteiger partial charge in [-0.15, -0.1) is 0 Å². The zero-order valence-electron chi connectivity index (χ0n) is 14.5. The van der Waals surface area contributed by atoms with Crippen LogP contribution >= 0.6 is 0 Å². The van der Waals surface area contributed by atoms with Crippen LogP contribution in [0, 0.1) is 0 Å². The van der Waals surface area contributed by atoms with Crippen LogP contribution in [0.1, 0.15) is 36.8 Å². The second kappa shape index (κ2) is 8.49. The molecular weight excluding hydrogens is 302 g/mol. The van der Waals surface area contributed by atoms with Gasteiger partial charge in [0.05, 0.1) is 13.2 Å². The van der Waals surface area contributed by atoms with Crippen molar-refractivity contribution in [2.75, 3.05) is 39.3 Å². The highest BCUT2D eigenvalue weighted by Gasteiger charge is 2.20. The van der Waals surface area contributed by atoms with Gasteiger partial charge in [0.2, 0.25) is 5.91 Å². The highest BCUT2D eigenvalue weighted by molar-refractivity contribution is 5.78. The van der Waals surface area contributed by atoms with Crippen molar-refractivity contribution < 1.29 is 9.53 Å². The van der Waals surface area contributed by atoms with Gasteiger partial charge in [-0.2, -0.15) is 0 Å². The van der Waals surface area contributed by atoms with Crippen LogP contribution in [0.4, 0.5) is 0 Å². The first-order valence-electron chi connectivity index (χ1n) is 9.21. The van der Waals surface area contributed by atoms with E-state index in [9.17, 15) is 4.79 Å². The zero-order chi connectivity index (χ0) is 16.8.